The van der Waals surface area contributed by atoms with Gasteiger partial charge in [-0.3, -0.25) is 14.5 Å². The molecule has 10 heteroatoms. The van der Waals surface area contributed by atoms with Crippen molar-refractivity contribution in [2.24, 2.45) is 5.92 Å². The zero-order valence-corrected chi connectivity index (χ0v) is 17.1. The highest BCUT2D eigenvalue weighted by molar-refractivity contribution is 8.04. The van der Waals surface area contributed by atoms with Gasteiger partial charge in [-0.25, -0.2) is 4.79 Å². The fourth-order valence-electron chi connectivity index (χ4n) is 4.20. The molecule has 2 fully saturated rings. The van der Waals surface area contributed by atoms with Crippen molar-refractivity contribution in [3.63, 3.8) is 0 Å². The fraction of sp³-hybridized carbons (Fsp3) is 0.450. The van der Waals surface area contributed by atoms with Gasteiger partial charge in [0.15, 0.2) is 0 Å². The molecule has 30 heavy (non-hydrogen) atoms. The van der Waals surface area contributed by atoms with Gasteiger partial charge in [-0.15, -0.1) is 11.8 Å². The minimum absolute atomic E-state index is 0.0516. The van der Waals surface area contributed by atoms with Crippen LogP contribution in [0.1, 0.15) is 19.1 Å². The van der Waals surface area contributed by atoms with E-state index in [0.29, 0.717) is 35.7 Å². The molecule has 0 bridgehead atoms. The Morgan fingerprint density at radius 1 is 1.50 bits per heavy atom. The summed E-state index contributed by atoms with van der Waals surface area (Å²) in [6.07, 6.45) is 1.17. The van der Waals surface area contributed by atoms with E-state index >= 15 is 0 Å². The summed E-state index contributed by atoms with van der Waals surface area (Å²) in [6, 6.07) is 2.61. The third-order valence-electron chi connectivity index (χ3n) is 5.68. The van der Waals surface area contributed by atoms with E-state index in [1.165, 1.54) is 23.6 Å². The second-order valence-electron chi connectivity index (χ2n) is 7.66. The van der Waals surface area contributed by atoms with Crippen LogP contribution in [0.3, 0.4) is 0 Å². The number of rotatable bonds is 7. The molecule has 4 heterocycles. The Labute approximate surface area is 177 Å². The van der Waals surface area contributed by atoms with Gasteiger partial charge in [0.1, 0.15) is 11.5 Å². The lowest BCUT2D eigenvalue weighted by Gasteiger charge is -2.44. The Morgan fingerprint density at radius 3 is 2.90 bits per heavy atom. The van der Waals surface area contributed by atoms with Gasteiger partial charge in [0.2, 0.25) is 11.8 Å². The molecule has 2 amide bonds. The SMILES string of the molecule is C=C1C(S[C@@H]2CN[C@H](C(=O)NCc3ccco3)C2)=C(C(=O)O)N2C(=O)[C@H]([C@@H](C)O)[C@@H]12. The minimum atomic E-state index is -1.20. The molecule has 5 atom stereocenters. The molecular weight excluding hydrogens is 410 g/mol. The maximum atomic E-state index is 12.4. The van der Waals surface area contributed by atoms with E-state index in [1.54, 1.807) is 18.4 Å². The predicted octanol–water partition coefficient (Wildman–Crippen LogP) is 0.433. The summed E-state index contributed by atoms with van der Waals surface area (Å²) in [7, 11) is 0. The molecule has 2 saturated heterocycles. The molecule has 0 aromatic carbocycles. The lowest BCUT2D eigenvalue weighted by Crippen LogP contribution is -2.62. The maximum Gasteiger partial charge on any atom is 0.353 e. The fourth-order valence-corrected chi connectivity index (χ4v) is 5.57. The summed E-state index contributed by atoms with van der Waals surface area (Å²) < 4.78 is 5.20. The van der Waals surface area contributed by atoms with Crippen molar-refractivity contribution in [1.82, 2.24) is 15.5 Å². The second-order valence-corrected chi connectivity index (χ2v) is 8.97. The first kappa shape index (κ1) is 20.7. The number of carbonyl (C=O) groups excluding carboxylic acids is 2. The normalized spacial score (nSPS) is 29.1. The number of carbonyl (C=O) groups is 3. The van der Waals surface area contributed by atoms with Crippen LogP contribution in [0.2, 0.25) is 0 Å². The molecule has 3 aliphatic heterocycles. The highest BCUT2D eigenvalue weighted by Crippen LogP contribution is 2.51. The monoisotopic (exact) mass is 433 g/mol. The van der Waals surface area contributed by atoms with E-state index in [0.717, 1.165) is 0 Å². The lowest BCUT2D eigenvalue weighted by atomic mass is 9.82. The molecule has 0 aliphatic carbocycles. The first-order chi connectivity index (χ1) is 14.3. The number of aliphatic hydroxyl groups excluding tert-OH is 1. The van der Waals surface area contributed by atoms with Crippen molar-refractivity contribution in [3.8, 4) is 0 Å². The number of aliphatic hydroxyl groups is 1. The second kappa shape index (κ2) is 7.93. The van der Waals surface area contributed by atoms with Crippen molar-refractivity contribution >= 4 is 29.5 Å². The summed E-state index contributed by atoms with van der Waals surface area (Å²) in [5.41, 5.74) is 0.455. The zero-order valence-electron chi connectivity index (χ0n) is 16.3. The highest BCUT2D eigenvalue weighted by Gasteiger charge is 2.59. The number of nitrogens with zero attached hydrogens (tertiary/aromatic N) is 1. The molecule has 0 saturated carbocycles. The standard InChI is InChI=1S/C20H23N3O6S/c1-9-15-14(10(2)24)19(26)23(15)16(20(27)28)17(9)30-12-6-13(21-8-12)18(25)22-7-11-4-3-5-29-11/h3-5,10,12-15,21,24H,1,6-8H2,2H3,(H,22,25)(H,27,28)/t10-,12+,13+,14-,15-/m1/s1. The van der Waals surface area contributed by atoms with E-state index in [9.17, 15) is 24.6 Å². The Kier molecular flexibility index (Phi) is 5.48. The van der Waals surface area contributed by atoms with Crippen LogP contribution in [0.5, 0.6) is 0 Å². The summed E-state index contributed by atoms with van der Waals surface area (Å²) in [4.78, 5) is 38.3. The van der Waals surface area contributed by atoms with Gasteiger partial charge < -0.3 is 25.3 Å². The van der Waals surface area contributed by atoms with E-state index in [4.69, 9.17) is 4.42 Å². The summed E-state index contributed by atoms with van der Waals surface area (Å²) in [6.45, 7) is 6.35. The number of hydrogen-bond donors (Lipinski definition) is 4. The average Bonchev–Trinajstić information content (AvgIpc) is 3.40. The van der Waals surface area contributed by atoms with Gasteiger partial charge in [-0.1, -0.05) is 6.58 Å². The molecule has 0 unspecified atom stereocenters. The van der Waals surface area contributed by atoms with Crippen molar-refractivity contribution in [2.75, 3.05) is 6.54 Å². The summed E-state index contributed by atoms with van der Waals surface area (Å²) >= 11 is 1.32. The predicted molar refractivity (Wildman–Crippen MR) is 108 cm³/mol. The first-order valence-corrected chi connectivity index (χ1v) is 10.6. The molecule has 4 N–H and O–H groups in total. The Balaban J connectivity index is 1.41. The molecule has 160 valence electrons. The van der Waals surface area contributed by atoms with Gasteiger partial charge >= 0.3 is 5.97 Å². The number of carboxylic acid groups (broad SMARTS) is 1. The van der Waals surface area contributed by atoms with Crippen molar-refractivity contribution in [3.05, 3.63) is 46.9 Å². The minimum Gasteiger partial charge on any atom is -0.477 e. The van der Waals surface area contributed by atoms with E-state index < -0.39 is 36.0 Å². The highest BCUT2D eigenvalue weighted by atomic mass is 32.2. The van der Waals surface area contributed by atoms with Crippen LogP contribution in [-0.2, 0) is 20.9 Å². The van der Waals surface area contributed by atoms with E-state index in [2.05, 4.69) is 17.2 Å². The van der Waals surface area contributed by atoms with E-state index in [-0.39, 0.29) is 16.9 Å². The maximum absolute atomic E-state index is 12.4. The van der Waals surface area contributed by atoms with Crippen molar-refractivity contribution in [2.45, 2.75) is 43.3 Å². The van der Waals surface area contributed by atoms with Gasteiger partial charge in [0.05, 0.1) is 36.9 Å². The molecular formula is C20H23N3O6S. The van der Waals surface area contributed by atoms with Gasteiger partial charge in [-0.2, -0.15) is 0 Å². The zero-order chi connectivity index (χ0) is 21.6. The number of carboxylic acids is 1. The number of hydrogen-bond acceptors (Lipinski definition) is 7. The van der Waals surface area contributed by atoms with Gasteiger partial charge in [0.25, 0.3) is 0 Å². The number of β-lactam (4-membered cyclic amide) rings is 1. The van der Waals surface area contributed by atoms with Gasteiger partial charge in [-0.05, 0) is 31.1 Å². The van der Waals surface area contributed by atoms with Crippen LogP contribution in [0.15, 0.2) is 45.6 Å². The average molecular weight is 433 g/mol. The number of thioether (sulfide) groups is 1. The Hall–Kier alpha value is -2.56. The largest absolute Gasteiger partial charge is 0.477 e. The van der Waals surface area contributed by atoms with E-state index in [1.807, 2.05) is 0 Å². The molecule has 1 aromatic heterocycles. The lowest BCUT2D eigenvalue weighted by molar-refractivity contribution is -0.159. The third-order valence-corrected chi connectivity index (χ3v) is 7.06. The molecule has 1 aromatic rings. The molecule has 9 nitrogen and oxygen atoms in total. The molecule has 0 radical (unpaired) electrons. The van der Waals surface area contributed by atoms with Crippen LogP contribution in [0.4, 0.5) is 0 Å². The quantitative estimate of drug-likeness (QED) is 0.455. The summed E-state index contributed by atoms with van der Waals surface area (Å²) in [5.74, 6) is -1.76. The first-order valence-electron chi connectivity index (χ1n) is 9.67. The van der Waals surface area contributed by atoms with Crippen LogP contribution < -0.4 is 10.6 Å². The smallest absolute Gasteiger partial charge is 0.353 e. The van der Waals surface area contributed by atoms with Crippen LogP contribution in [0.25, 0.3) is 0 Å². The number of fused-ring (bicyclic) bond motifs is 1. The van der Waals surface area contributed by atoms with Crippen LogP contribution >= 0.6 is 11.8 Å². The number of furan rings is 1. The van der Waals surface area contributed by atoms with Crippen molar-refractivity contribution in [1.29, 1.82) is 0 Å². The van der Waals surface area contributed by atoms with Gasteiger partial charge in [0, 0.05) is 16.7 Å². The Bertz CT molecular complexity index is 925. The molecule has 0 spiro atoms. The van der Waals surface area contributed by atoms with Crippen molar-refractivity contribution < 1.29 is 29.0 Å². The number of amides is 2. The van der Waals surface area contributed by atoms with Crippen LogP contribution in [0, 0.1) is 5.92 Å². The molecule has 4 rings (SSSR count). The molecule has 3 aliphatic rings. The van der Waals surface area contributed by atoms with Crippen LogP contribution in [-0.4, -0.2) is 62.9 Å². The third kappa shape index (κ3) is 3.44. The summed E-state index contributed by atoms with van der Waals surface area (Å²) in [5, 5.41) is 25.5. The number of nitrogens with one attached hydrogen (secondary N) is 2. The topological polar surface area (TPSA) is 132 Å². The number of aliphatic carboxylic acids is 1. The Morgan fingerprint density at radius 2 is 2.27 bits per heavy atom.